The van der Waals surface area contributed by atoms with Crippen molar-refractivity contribution in [2.75, 3.05) is 11.4 Å². The highest BCUT2D eigenvalue weighted by atomic mass is 15.3. The van der Waals surface area contributed by atoms with Crippen LogP contribution >= 0.6 is 0 Å². The molecule has 1 aliphatic rings. The molecule has 0 aliphatic carbocycles. The van der Waals surface area contributed by atoms with Gasteiger partial charge in [0.25, 0.3) is 0 Å². The van der Waals surface area contributed by atoms with E-state index in [1.807, 2.05) is 12.4 Å². The molecular formula is C15H21N5. The van der Waals surface area contributed by atoms with E-state index < -0.39 is 0 Å². The number of imidazole rings is 1. The Hall–Kier alpha value is -1.88. The van der Waals surface area contributed by atoms with Gasteiger partial charge in [0, 0.05) is 38.1 Å². The molecule has 0 saturated carbocycles. The maximum atomic E-state index is 4.75. The largest absolute Gasteiger partial charge is 0.347 e. The van der Waals surface area contributed by atoms with Gasteiger partial charge in [0.15, 0.2) is 0 Å². The molecule has 2 aromatic heterocycles. The number of pyridine rings is 1. The summed E-state index contributed by atoms with van der Waals surface area (Å²) in [6, 6.07) is 6.71. The first kappa shape index (κ1) is 13.1. The standard InChI is InChI=1S/C15H21N5/c1-12(2)17-10-13-4-3-5-14(18-13)20-9-8-19-7-6-16-15(19)11-20/h3-7,12,17H,8-11H2,1-2H3. The van der Waals surface area contributed by atoms with Crippen LogP contribution in [0.25, 0.3) is 0 Å². The van der Waals surface area contributed by atoms with E-state index in [4.69, 9.17) is 4.98 Å². The molecule has 5 nitrogen and oxygen atoms in total. The molecule has 0 atom stereocenters. The molecule has 20 heavy (non-hydrogen) atoms. The number of rotatable bonds is 4. The first-order chi connectivity index (χ1) is 9.72. The zero-order valence-electron chi connectivity index (χ0n) is 12.1. The monoisotopic (exact) mass is 271 g/mol. The summed E-state index contributed by atoms with van der Waals surface area (Å²) in [5.41, 5.74) is 1.09. The number of nitrogens with one attached hydrogen (secondary N) is 1. The number of hydrogen-bond donors (Lipinski definition) is 1. The smallest absolute Gasteiger partial charge is 0.129 e. The Balaban J connectivity index is 1.73. The third-order valence-electron chi connectivity index (χ3n) is 3.55. The predicted octanol–water partition coefficient (Wildman–Crippen LogP) is 1.80. The Morgan fingerprint density at radius 3 is 3.05 bits per heavy atom. The minimum Gasteiger partial charge on any atom is -0.347 e. The van der Waals surface area contributed by atoms with Crippen LogP contribution in [0.2, 0.25) is 0 Å². The summed E-state index contributed by atoms with van der Waals surface area (Å²) in [5, 5.41) is 3.41. The maximum absolute atomic E-state index is 4.75. The molecular weight excluding hydrogens is 250 g/mol. The molecule has 0 unspecified atom stereocenters. The van der Waals surface area contributed by atoms with Crippen LogP contribution in [-0.2, 0) is 19.6 Å². The van der Waals surface area contributed by atoms with Gasteiger partial charge in [-0.2, -0.15) is 0 Å². The molecule has 2 aromatic rings. The SMILES string of the molecule is CC(C)NCc1cccc(N2CCn3ccnc3C2)n1. The van der Waals surface area contributed by atoms with Gasteiger partial charge >= 0.3 is 0 Å². The zero-order chi connectivity index (χ0) is 13.9. The molecule has 0 bridgehead atoms. The van der Waals surface area contributed by atoms with Gasteiger partial charge in [-0.1, -0.05) is 19.9 Å². The van der Waals surface area contributed by atoms with Crippen molar-refractivity contribution in [3.63, 3.8) is 0 Å². The van der Waals surface area contributed by atoms with Crippen molar-refractivity contribution in [3.8, 4) is 0 Å². The quantitative estimate of drug-likeness (QED) is 0.921. The van der Waals surface area contributed by atoms with Gasteiger partial charge in [0.2, 0.25) is 0 Å². The Morgan fingerprint density at radius 2 is 2.20 bits per heavy atom. The second-order valence-corrected chi connectivity index (χ2v) is 5.48. The van der Waals surface area contributed by atoms with E-state index in [0.717, 1.165) is 43.5 Å². The molecule has 5 heteroatoms. The fraction of sp³-hybridized carbons (Fsp3) is 0.467. The van der Waals surface area contributed by atoms with Crippen LogP contribution in [0.3, 0.4) is 0 Å². The third-order valence-corrected chi connectivity index (χ3v) is 3.55. The van der Waals surface area contributed by atoms with Gasteiger partial charge in [0.05, 0.1) is 12.2 Å². The molecule has 0 saturated heterocycles. The molecule has 106 valence electrons. The summed E-state index contributed by atoms with van der Waals surface area (Å²) in [6.07, 6.45) is 3.92. The van der Waals surface area contributed by atoms with Crippen LogP contribution in [0, 0.1) is 0 Å². The first-order valence-corrected chi connectivity index (χ1v) is 7.16. The number of hydrogen-bond acceptors (Lipinski definition) is 4. The Morgan fingerprint density at radius 1 is 1.30 bits per heavy atom. The normalized spacial score (nSPS) is 14.7. The topological polar surface area (TPSA) is 46.0 Å². The lowest BCUT2D eigenvalue weighted by Gasteiger charge is -2.28. The maximum Gasteiger partial charge on any atom is 0.129 e. The molecule has 0 aromatic carbocycles. The highest BCUT2D eigenvalue weighted by Crippen LogP contribution is 2.18. The summed E-state index contributed by atoms with van der Waals surface area (Å²) < 4.78 is 2.21. The summed E-state index contributed by atoms with van der Waals surface area (Å²) in [5.74, 6) is 2.16. The summed E-state index contributed by atoms with van der Waals surface area (Å²) in [4.78, 5) is 11.4. The van der Waals surface area contributed by atoms with Crippen LogP contribution < -0.4 is 10.2 Å². The van der Waals surface area contributed by atoms with Crippen molar-refractivity contribution >= 4 is 5.82 Å². The summed E-state index contributed by atoms with van der Waals surface area (Å²) in [7, 11) is 0. The van der Waals surface area contributed by atoms with Crippen molar-refractivity contribution in [1.29, 1.82) is 0 Å². The molecule has 3 heterocycles. The van der Waals surface area contributed by atoms with Gasteiger partial charge in [-0.3, -0.25) is 0 Å². The molecule has 0 radical (unpaired) electrons. The van der Waals surface area contributed by atoms with E-state index in [1.54, 1.807) is 0 Å². The summed E-state index contributed by atoms with van der Waals surface area (Å²) >= 11 is 0. The molecule has 3 rings (SSSR count). The number of aromatic nitrogens is 3. The number of anilines is 1. The average molecular weight is 271 g/mol. The molecule has 1 aliphatic heterocycles. The van der Waals surface area contributed by atoms with Crippen molar-refractivity contribution in [3.05, 3.63) is 42.1 Å². The summed E-state index contributed by atoms with van der Waals surface area (Å²) in [6.45, 7) is 7.90. The van der Waals surface area contributed by atoms with E-state index in [2.05, 4.69) is 51.8 Å². The van der Waals surface area contributed by atoms with Gasteiger partial charge in [0.1, 0.15) is 11.6 Å². The Labute approximate surface area is 119 Å². The average Bonchev–Trinajstić information content (AvgIpc) is 2.93. The van der Waals surface area contributed by atoms with E-state index in [-0.39, 0.29) is 0 Å². The highest BCUT2D eigenvalue weighted by Gasteiger charge is 2.17. The van der Waals surface area contributed by atoms with Crippen LogP contribution in [0.1, 0.15) is 25.4 Å². The van der Waals surface area contributed by atoms with Crippen molar-refractivity contribution in [2.24, 2.45) is 0 Å². The first-order valence-electron chi connectivity index (χ1n) is 7.16. The van der Waals surface area contributed by atoms with Crippen molar-refractivity contribution in [2.45, 2.75) is 39.5 Å². The van der Waals surface area contributed by atoms with E-state index in [0.29, 0.717) is 6.04 Å². The molecule has 0 fully saturated rings. The predicted molar refractivity (Wildman–Crippen MR) is 79.5 cm³/mol. The van der Waals surface area contributed by atoms with Crippen molar-refractivity contribution in [1.82, 2.24) is 19.9 Å². The lowest BCUT2D eigenvalue weighted by Crippen LogP contribution is -2.34. The number of fused-ring (bicyclic) bond motifs is 1. The minimum atomic E-state index is 0.475. The van der Waals surface area contributed by atoms with E-state index >= 15 is 0 Å². The van der Waals surface area contributed by atoms with Gasteiger partial charge < -0.3 is 14.8 Å². The van der Waals surface area contributed by atoms with E-state index in [1.165, 1.54) is 0 Å². The van der Waals surface area contributed by atoms with Crippen LogP contribution in [-0.4, -0.2) is 27.1 Å². The third kappa shape index (κ3) is 2.82. The number of nitrogens with zero attached hydrogens (tertiary/aromatic N) is 4. The van der Waals surface area contributed by atoms with Crippen LogP contribution in [0.4, 0.5) is 5.82 Å². The van der Waals surface area contributed by atoms with Crippen molar-refractivity contribution < 1.29 is 0 Å². The van der Waals surface area contributed by atoms with Crippen LogP contribution in [0.5, 0.6) is 0 Å². The Bertz CT molecular complexity index is 575. The minimum absolute atomic E-state index is 0.475. The fourth-order valence-electron chi connectivity index (χ4n) is 2.42. The molecule has 1 N–H and O–H groups in total. The van der Waals surface area contributed by atoms with Gasteiger partial charge in [-0.15, -0.1) is 0 Å². The Kier molecular flexibility index (Phi) is 3.69. The lowest BCUT2D eigenvalue weighted by atomic mass is 10.3. The molecule has 0 spiro atoms. The van der Waals surface area contributed by atoms with Gasteiger partial charge in [-0.05, 0) is 12.1 Å². The molecule has 0 amide bonds. The lowest BCUT2D eigenvalue weighted by molar-refractivity contribution is 0.552. The highest BCUT2D eigenvalue weighted by molar-refractivity contribution is 5.40. The van der Waals surface area contributed by atoms with Gasteiger partial charge in [-0.25, -0.2) is 9.97 Å². The zero-order valence-corrected chi connectivity index (χ0v) is 12.1. The fourth-order valence-corrected chi connectivity index (χ4v) is 2.42. The second kappa shape index (κ2) is 5.63. The van der Waals surface area contributed by atoms with Crippen LogP contribution in [0.15, 0.2) is 30.6 Å². The van der Waals surface area contributed by atoms with E-state index in [9.17, 15) is 0 Å². The second-order valence-electron chi connectivity index (χ2n) is 5.48.